The smallest absolute Gasteiger partial charge is 0.193 e. The Bertz CT molecular complexity index is 527. The van der Waals surface area contributed by atoms with Gasteiger partial charge in [0.15, 0.2) is 5.96 Å². The van der Waals surface area contributed by atoms with Crippen LogP contribution in [0.4, 0.5) is 4.39 Å². The molecule has 2 rings (SSSR count). The Balaban J connectivity index is 0.00000312. The fourth-order valence-electron chi connectivity index (χ4n) is 3.03. The van der Waals surface area contributed by atoms with E-state index >= 15 is 0 Å². The maximum absolute atomic E-state index is 13.2. The van der Waals surface area contributed by atoms with E-state index in [1.807, 2.05) is 13.0 Å². The molecule has 1 unspecified atom stereocenters. The fraction of sp³-hybridized carbons (Fsp3) is 0.632. The fourth-order valence-corrected chi connectivity index (χ4v) is 3.03. The first kappa shape index (κ1) is 22.2. The van der Waals surface area contributed by atoms with Crippen LogP contribution in [0.15, 0.2) is 29.3 Å². The van der Waals surface area contributed by atoms with E-state index < -0.39 is 0 Å². The second kappa shape index (κ2) is 12.5. The highest BCUT2D eigenvalue weighted by Gasteiger charge is 2.24. The largest absolute Gasteiger partial charge is 0.381 e. The van der Waals surface area contributed by atoms with Crippen LogP contribution in [0, 0.1) is 11.7 Å². The number of rotatable bonds is 8. The third-order valence-electron chi connectivity index (χ3n) is 4.25. The lowest BCUT2D eigenvalue weighted by molar-refractivity contribution is 0.114. The summed E-state index contributed by atoms with van der Waals surface area (Å²) in [6.45, 7) is 9.42. The summed E-state index contributed by atoms with van der Waals surface area (Å²) in [6, 6.07) is 6.82. The molecule has 6 heteroatoms. The maximum Gasteiger partial charge on any atom is 0.193 e. The van der Waals surface area contributed by atoms with E-state index in [-0.39, 0.29) is 29.8 Å². The molecule has 0 radical (unpaired) electrons. The first-order valence-corrected chi connectivity index (χ1v) is 9.08. The molecule has 4 nitrogen and oxygen atoms in total. The van der Waals surface area contributed by atoms with Gasteiger partial charge in [0.2, 0.25) is 0 Å². The van der Waals surface area contributed by atoms with Crippen molar-refractivity contribution >= 4 is 29.9 Å². The number of guanidine groups is 1. The monoisotopic (exact) mass is 463 g/mol. The van der Waals surface area contributed by atoms with Crippen molar-refractivity contribution in [2.45, 2.75) is 33.1 Å². The zero-order valence-electron chi connectivity index (χ0n) is 15.3. The number of hydrogen-bond donors (Lipinski definition) is 1. The first-order chi connectivity index (χ1) is 11.7. The van der Waals surface area contributed by atoms with Gasteiger partial charge < -0.3 is 15.0 Å². The SMILES string of the molecule is CCNC(=NCCCc1cccc(F)c1)N1CCC(COCC)C1.I. The third-order valence-corrected chi connectivity index (χ3v) is 4.25. The summed E-state index contributed by atoms with van der Waals surface area (Å²) in [5.41, 5.74) is 1.04. The average Bonchev–Trinajstić information content (AvgIpc) is 3.04. The Morgan fingerprint density at radius 1 is 1.40 bits per heavy atom. The Hall–Kier alpha value is -0.890. The second-order valence-corrected chi connectivity index (χ2v) is 6.23. The van der Waals surface area contributed by atoms with E-state index in [0.29, 0.717) is 5.92 Å². The highest BCUT2D eigenvalue weighted by atomic mass is 127. The highest BCUT2D eigenvalue weighted by molar-refractivity contribution is 14.0. The number of halogens is 2. The van der Waals surface area contributed by atoms with Crippen molar-refractivity contribution in [1.29, 1.82) is 0 Å². The van der Waals surface area contributed by atoms with Crippen LogP contribution in [0.3, 0.4) is 0 Å². The van der Waals surface area contributed by atoms with Crippen molar-refractivity contribution in [1.82, 2.24) is 10.2 Å². The van der Waals surface area contributed by atoms with Gasteiger partial charge in [-0.3, -0.25) is 4.99 Å². The second-order valence-electron chi connectivity index (χ2n) is 6.23. The molecule has 0 saturated carbocycles. The lowest BCUT2D eigenvalue weighted by Gasteiger charge is -2.21. The van der Waals surface area contributed by atoms with Gasteiger partial charge in [-0.2, -0.15) is 0 Å². The summed E-state index contributed by atoms with van der Waals surface area (Å²) in [6.07, 6.45) is 2.94. The molecule has 0 amide bonds. The molecule has 1 aromatic rings. The van der Waals surface area contributed by atoms with Crippen LogP contribution >= 0.6 is 24.0 Å². The standard InChI is InChI=1S/C19H30FN3O.HI/c1-3-21-19(23-12-10-17(14-23)15-24-4-2)22-11-6-8-16-7-5-9-18(20)13-16;/h5,7,9,13,17H,3-4,6,8,10-12,14-15H2,1-2H3,(H,21,22);1H. The van der Waals surface area contributed by atoms with Gasteiger partial charge in [-0.05, 0) is 50.8 Å². The number of likely N-dealkylation sites (tertiary alicyclic amines) is 1. The van der Waals surface area contributed by atoms with Crippen molar-refractivity contribution in [2.24, 2.45) is 10.9 Å². The van der Waals surface area contributed by atoms with Gasteiger partial charge in [-0.1, -0.05) is 12.1 Å². The minimum absolute atomic E-state index is 0. The van der Waals surface area contributed by atoms with Gasteiger partial charge in [0.05, 0.1) is 6.61 Å². The zero-order valence-corrected chi connectivity index (χ0v) is 17.7. The third kappa shape index (κ3) is 7.90. The normalized spacial score (nSPS) is 17.5. The molecule has 25 heavy (non-hydrogen) atoms. The summed E-state index contributed by atoms with van der Waals surface area (Å²) < 4.78 is 18.7. The van der Waals surface area contributed by atoms with Gasteiger partial charge in [0.1, 0.15) is 5.82 Å². The van der Waals surface area contributed by atoms with E-state index in [1.165, 1.54) is 6.07 Å². The van der Waals surface area contributed by atoms with Crippen LogP contribution in [0.5, 0.6) is 0 Å². The Morgan fingerprint density at radius 2 is 2.24 bits per heavy atom. The number of aliphatic imine (C=N–C) groups is 1. The van der Waals surface area contributed by atoms with Crippen molar-refractivity contribution in [3.8, 4) is 0 Å². The van der Waals surface area contributed by atoms with Crippen molar-refractivity contribution in [3.05, 3.63) is 35.6 Å². The quantitative estimate of drug-likeness (QED) is 0.277. The number of hydrogen-bond acceptors (Lipinski definition) is 2. The Labute approximate surface area is 168 Å². The summed E-state index contributed by atoms with van der Waals surface area (Å²) in [7, 11) is 0. The van der Waals surface area contributed by atoms with Crippen LogP contribution < -0.4 is 5.32 Å². The Morgan fingerprint density at radius 3 is 2.96 bits per heavy atom. The van der Waals surface area contributed by atoms with Gasteiger partial charge in [0.25, 0.3) is 0 Å². The van der Waals surface area contributed by atoms with Gasteiger partial charge >= 0.3 is 0 Å². The summed E-state index contributed by atoms with van der Waals surface area (Å²) >= 11 is 0. The first-order valence-electron chi connectivity index (χ1n) is 9.08. The number of ether oxygens (including phenoxy) is 1. The topological polar surface area (TPSA) is 36.9 Å². The molecule has 0 aliphatic carbocycles. The number of nitrogens with zero attached hydrogens (tertiary/aromatic N) is 2. The van der Waals surface area contributed by atoms with Crippen molar-refractivity contribution < 1.29 is 9.13 Å². The maximum atomic E-state index is 13.2. The predicted molar refractivity (Wildman–Crippen MR) is 112 cm³/mol. The van der Waals surface area contributed by atoms with Crippen LogP contribution in [-0.2, 0) is 11.2 Å². The molecule has 1 fully saturated rings. The number of aryl methyl sites for hydroxylation is 1. The molecular weight excluding hydrogens is 432 g/mol. The molecule has 1 atom stereocenters. The van der Waals surface area contributed by atoms with Crippen molar-refractivity contribution in [2.75, 3.05) is 39.4 Å². The van der Waals surface area contributed by atoms with E-state index in [2.05, 4.69) is 17.1 Å². The lowest BCUT2D eigenvalue weighted by Crippen LogP contribution is -2.40. The van der Waals surface area contributed by atoms with Crippen LogP contribution in [-0.4, -0.2) is 50.3 Å². The predicted octanol–water partition coefficient (Wildman–Crippen LogP) is 3.70. The van der Waals surface area contributed by atoms with E-state index in [0.717, 1.165) is 70.2 Å². The molecule has 1 aromatic carbocycles. The van der Waals surface area contributed by atoms with E-state index in [1.54, 1.807) is 12.1 Å². The van der Waals surface area contributed by atoms with E-state index in [9.17, 15) is 4.39 Å². The molecule has 0 aromatic heterocycles. The molecule has 0 spiro atoms. The summed E-state index contributed by atoms with van der Waals surface area (Å²) in [4.78, 5) is 7.07. The van der Waals surface area contributed by atoms with Gasteiger partial charge in [0, 0.05) is 38.7 Å². The minimum Gasteiger partial charge on any atom is -0.381 e. The minimum atomic E-state index is -0.165. The zero-order chi connectivity index (χ0) is 17.2. The molecule has 1 heterocycles. The molecular formula is C19H31FIN3O. The molecule has 142 valence electrons. The lowest BCUT2D eigenvalue weighted by atomic mass is 10.1. The average molecular weight is 463 g/mol. The van der Waals surface area contributed by atoms with E-state index in [4.69, 9.17) is 9.73 Å². The van der Waals surface area contributed by atoms with Crippen LogP contribution in [0.1, 0.15) is 32.3 Å². The summed E-state index contributed by atoms with van der Waals surface area (Å²) in [5, 5.41) is 3.38. The van der Waals surface area contributed by atoms with Crippen LogP contribution in [0.2, 0.25) is 0 Å². The molecule has 1 aliphatic rings. The number of benzene rings is 1. The molecule has 1 N–H and O–H groups in total. The molecule has 1 saturated heterocycles. The highest BCUT2D eigenvalue weighted by Crippen LogP contribution is 2.16. The number of nitrogens with one attached hydrogen (secondary N) is 1. The molecule has 1 aliphatic heterocycles. The van der Waals surface area contributed by atoms with Gasteiger partial charge in [-0.15, -0.1) is 24.0 Å². The van der Waals surface area contributed by atoms with Crippen molar-refractivity contribution in [3.63, 3.8) is 0 Å². The molecule has 0 bridgehead atoms. The van der Waals surface area contributed by atoms with Gasteiger partial charge in [-0.25, -0.2) is 4.39 Å². The summed E-state index contributed by atoms with van der Waals surface area (Å²) in [5.74, 6) is 1.43. The Kier molecular flexibility index (Phi) is 11.0. The van der Waals surface area contributed by atoms with Crippen LogP contribution in [0.25, 0.3) is 0 Å².